The lowest BCUT2D eigenvalue weighted by atomic mass is 9.92. The van der Waals surface area contributed by atoms with Gasteiger partial charge in [-0.05, 0) is 38.8 Å². The number of benzene rings is 2. The van der Waals surface area contributed by atoms with E-state index in [2.05, 4.69) is 5.32 Å². The number of ether oxygens (including phenoxy) is 3. The third-order valence-electron chi connectivity index (χ3n) is 7.16. The Bertz CT molecular complexity index is 1390. The van der Waals surface area contributed by atoms with E-state index >= 15 is 0 Å². The van der Waals surface area contributed by atoms with Crippen molar-refractivity contribution in [2.75, 3.05) is 6.61 Å². The number of hydrogen-bond acceptors (Lipinski definition) is 9. The van der Waals surface area contributed by atoms with Gasteiger partial charge in [-0.2, -0.15) is 0 Å². The summed E-state index contributed by atoms with van der Waals surface area (Å²) in [7, 11) is -4.04. The Morgan fingerprint density at radius 2 is 1.43 bits per heavy atom. The number of β-lactam (4-membered cyclic amide) rings is 1. The molecule has 2 aromatic rings. The van der Waals surface area contributed by atoms with Crippen molar-refractivity contribution in [1.29, 1.82) is 0 Å². The molecule has 40 heavy (non-hydrogen) atoms. The van der Waals surface area contributed by atoms with Crippen LogP contribution in [0.4, 0.5) is 4.79 Å². The summed E-state index contributed by atoms with van der Waals surface area (Å²) in [6, 6.07) is 16.5. The van der Waals surface area contributed by atoms with Gasteiger partial charge in [-0.1, -0.05) is 60.7 Å². The molecule has 2 amide bonds. The van der Waals surface area contributed by atoms with Crippen molar-refractivity contribution in [2.24, 2.45) is 5.92 Å². The molecule has 0 bridgehead atoms. The molecule has 2 heterocycles. The molecular weight excluding hydrogens is 540 g/mol. The van der Waals surface area contributed by atoms with Gasteiger partial charge in [0.2, 0.25) is 5.91 Å². The molecule has 2 saturated heterocycles. The van der Waals surface area contributed by atoms with Crippen LogP contribution >= 0.6 is 0 Å². The second-order valence-electron chi connectivity index (χ2n) is 10.8. The number of nitrogens with one attached hydrogen (secondary N) is 1. The van der Waals surface area contributed by atoms with E-state index in [1.807, 2.05) is 12.1 Å². The average Bonchev–Trinajstić information content (AvgIpc) is 3.06. The molecule has 11 nitrogen and oxygen atoms in total. The number of rotatable bonds is 9. The first kappa shape index (κ1) is 29.1. The highest BCUT2D eigenvalue weighted by Crippen LogP contribution is 2.49. The van der Waals surface area contributed by atoms with Crippen LogP contribution in [0.2, 0.25) is 0 Å². The van der Waals surface area contributed by atoms with Crippen LogP contribution in [-0.2, 0) is 51.6 Å². The van der Waals surface area contributed by atoms with Crippen LogP contribution in [0.15, 0.2) is 60.7 Å². The zero-order valence-electron chi connectivity index (χ0n) is 22.7. The van der Waals surface area contributed by atoms with Crippen molar-refractivity contribution in [1.82, 2.24) is 10.2 Å². The van der Waals surface area contributed by atoms with E-state index in [4.69, 9.17) is 14.2 Å². The van der Waals surface area contributed by atoms with E-state index in [1.165, 1.54) is 27.7 Å². The van der Waals surface area contributed by atoms with Crippen molar-refractivity contribution < 1.29 is 41.8 Å². The minimum Gasteiger partial charge on any atom is -0.463 e. The van der Waals surface area contributed by atoms with Gasteiger partial charge >= 0.3 is 18.0 Å². The number of carbonyl (C=O) groups excluding carboxylic acids is 4. The van der Waals surface area contributed by atoms with Gasteiger partial charge in [-0.25, -0.2) is 22.8 Å². The number of alkyl carbamates (subject to hydrolysis) is 1. The topological polar surface area (TPSA) is 145 Å². The number of amides is 2. The molecule has 0 radical (unpaired) electrons. The molecule has 4 rings (SSSR count). The summed E-state index contributed by atoms with van der Waals surface area (Å²) >= 11 is 0. The lowest BCUT2D eigenvalue weighted by Gasteiger charge is -2.42. The van der Waals surface area contributed by atoms with Crippen LogP contribution in [0, 0.1) is 5.92 Å². The van der Waals surface area contributed by atoms with E-state index < -0.39 is 68.0 Å². The standard InChI is InChI=1S/C28H32N2O9S/c1-27(2,29-26(34)39-16-19-13-9-6-10-14-19)25(33)38-17-20-22(31)30-21(28(3,4)40(35,36)23(20)30)24(32)37-15-18-11-7-5-8-12-18/h5-14,20-21,23H,15-17H2,1-4H3,(H,29,34)/t20-,21+,23-/m1/s1. The van der Waals surface area contributed by atoms with E-state index in [9.17, 15) is 27.6 Å². The largest absolute Gasteiger partial charge is 0.463 e. The highest BCUT2D eigenvalue weighted by Gasteiger charge is 2.72. The number of nitrogens with zero attached hydrogens (tertiary/aromatic N) is 1. The van der Waals surface area contributed by atoms with Crippen LogP contribution in [-0.4, -0.2) is 65.6 Å². The Labute approximate surface area is 232 Å². The summed E-state index contributed by atoms with van der Waals surface area (Å²) in [4.78, 5) is 52.0. The van der Waals surface area contributed by atoms with Crippen LogP contribution in [0.3, 0.4) is 0 Å². The molecule has 2 aliphatic rings. The maximum Gasteiger partial charge on any atom is 0.408 e. The first-order valence-electron chi connectivity index (χ1n) is 12.7. The Hall–Kier alpha value is -3.93. The summed E-state index contributed by atoms with van der Waals surface area (Å²) in [6.45, 7) is 4.91. The van der Waals surface area contributed by atoms with E-state index in [0.29, 0.717) is 5.56 Å². The fourth-order valence-electron chi connectivity index (χ4n) is 4.76. The van der Waals surface area contributed by atoms with Gasteiger partial charge in [-0.3, -0.25) is 4.79 Å². The molecule has 1 N–H and O–H groups in total. The fourth-order valence-corrected chi connectivity index (χ4v) is 7.06. The number of hydrogen-bond donors (Lipinski definition) is 1. The van der Waals surface area contributed by atoms with Gasteiger partial charge in [-0.15, -0.1) is 0 Å². The van der Waals surface area contributed by atoms with Gasteiger partial charge in [0.15, 0.2) is 15.2 Å². The molecule has 3 atom stereocenters. The smallest absolute Gasteiger partial charge is 0.408 e. The SMILES string of the molecule is CC(C)(NC(=O)OCc1ccccc1)C(=O)OC[C@@H]1C(=O)N2[C@@H](C(=O)OCc3ccccc3)C(C)(C)S(=O)(=O)[C@H]12. The van der Waals surface area contributed by atoms with E-state index in [1.54, 1.807) is 48.5 Å². The summed E-state index contributed by atoms with van der Waals surface area (Å²) in [5.74, 6) is -3.55. The number of carbonyl (C=O) groups is 4. The monoisotopic (exact) mass is 572 g/mol. The van der Waals surface area contributed by atoms with Crippen LogP contribution in [0.1, 0.15) is 38.8 Å². The quantitative estimate of drug-likeness (QED) is 0.272. The second-order valence-corrected chi connectivity index (χ2v) is 13.4. The predicted octanol–water partition coefficient (Wildman–Crippen LogP) is 2.34. The van der Waals surface area contributed by atoms with Crippen LogP contribution in [0.5, 0.6) is 0 Å². The average molecular weight is 573 g/mol. The van der Waals surface area contributed by atoms with Gasteiger partial charge in [0.05, 0.1) is 4.75 Å². The van der Waals surface area contributed by atoms with Crippen molar-refractivity contribution in [2.45, 2.75) is 62.6 Å². The molecule has 2 aromatic carbocycles. The fraction of sp³-hybridized carbons (Fsp3) is 0.429. The van der Waals surface area contributed by atoms with Crippen LogP contribution < -0.4 is 5.32 Å². The molecule has 214 valence electrons. The summed E-state index contributed by atoms with van der Waals surface area (Å²) < 4.78 is 40.9. The second kappa shape index (κ2) is 10.9. The van der Waals surface area contributed by atoms with Gasteiger partial charge < -0.3 is 24.4 Å². The normalized spacial score (nSPS) is 22.4. The number of fused-ring (bicyclic) bond motifs is 1. The van der Waals surface area contributed by atoms with Gasteiger partial charge in [0, 0.05) is 0 Å². The maximum atomic E-state index is 13.4. The molecule has 0 aromatic heterocycles. The van der Waals surface area contributed by atoms with Gasteiger partial charge in [0.1, 0.15) is 37.3 Å². The highest BCUT2D eigenvalue weighted by atomic mass is 32.2. The zero-order valence-corrected chi connectivity index (χ0v) is 23.5. The Balaban J connectivity index is 1.36. The van der Waals surface area contributed by atoms with Crippen molar-refractivity contribution in [3.05, 3.63) is 71.8 Å². The molecular formula is C28H32N2O9S. The van der Waals surface area contributed by atoms with Crippen molar-refractivity contribution >= 4 is 33.8 Å². The lowest BCUT2D eigenvalue weighted by molar-refractivity contribution is -0.172. The Morgan fingerprint density at radius 3 is 1.98 bits per heavy atom. The minimum absolute atomic E-state index is 0.00547. The molecule has 2 aliphatic heterocycles. The highest BCUT2D eigenvalue weighted by molar-refractivity contribution is 7.93. The lowest BCUT2D eigenvalue weighted by Crippen LogP contribution is -2.65. The maximum absolute atomic E-state index is 13.4. The molecule has 0 aliphatic carbocycles. The van der Waals surface area contributed by atoms with Crippen molar-refractivity contribution in [3.8, 4) is 0 Å². The predicted molar refractivity (Wildman–Crippen MR) is 142 cm³/mol. The zero-order chi connectivity index (χ0) is 29.3. The molecule has 12 heteroatoms. The summed E-state index contributed by atoms with van der Waals surface area (Å²) in [5, 5.41) is 1.07. The molecule has 2 fully saturated rings. The molecule has 0 saturated carbocycles. The summed E-state index contributed by atoms with van der Waals surface area (Å²) in [5.41, 5.74) is -0.0577. The summed E-state index contributed by atoms with van der Waals surface area (Å²) in [6.07, 6.45) is -0.853. The molecule has 0 spiro atoms. The first-order valence-corrected chi connectivity index (χ1v) is 14.2. The third kappa shape index (κ3) is 5.40. The Morgan fingerprint density at radius 1 is 0.900 bits per heavy atom. The number of esters is 2. The van der Waals surface area contributed by atoms with Gasteiger partial charge in [0.25, 0.3) is 0 Å². The number of sulfone groups is 1. The minimum atomic E-state index is -4.04. The van der Waals surface area contributed by atoms with Crippen molar-refractivity contribution in [3.63, 3.8) is 0 Å². The van der Waals surface area contributed by atoms with E-state index in [0.717, 1.165) is 10.5 Å². The first-order chi connectivity index (χ1) is 18.8. The third-order valence-corrected chi connectivity index (χ3v) is 10.0. The van der Waals surface area contributed by atoms with Crippen LogP contribution in [0.25, 0.3) is 0 Å². The Kier molecular flexibility index (Phi) is 7.93. The molecule has 0 unspecified atom stereocenters. The van der Waals surface area contributed by atoms with E-state index in [-0.39, 0.29) is 13.2 Å².